The van der Waals surface area contributed by atoms with Crippen molar-refractivity contribution in [1.29, 1.82) is 0 Å². The normalized spacial score (nSPS) is 10.4. The third-order valence-electron chi connectivity index (χ3n) is 1.87. The van der Waals surface area contributed by atoms with Crippen molar-refractivity contribution in [2.75, 3.05) is 7.11 Å². The Hall–Kier alpha value is -2.32. The molecule has 0 aliphatic rings. The highest BCUT2D eigenvalue weighted by Crippen LogP contribution is 2.25. The number of alkyl halides is 2. The maximum Gasteiger partial charge on any atom is 0.354 e. The minimum atomic E-state index is -3.31. The number of aromatic nitrogens is 1. The van der Waals surface area contributed by atoms with E-state index in [4.69, 9.17) is 0 Å². The number of nitro groups is 1. The lowest BCUT2D eigenvalue weighted by molar-refractivity contribution is -0.386. The lowest BCUT2D eigenvalue weighted by atomic mass is 10.2. The predicted octanol–water partition coefficient (Wildman–Crippen LogP) is 1.01. The van der Waals surface area contributed by atoms with Crippen molar-refractivity contribution in [2.24, 2.45) is 0 Å². The molecule has 0 aliphatic heterocycles. The van der Waals surface area contributed by atoms with Gasteiger partial charge in [0.15, 0.2) is 5.56 Å². The number of ether oxygens (including phenoxy) is 1. The van der Waals surface area contributed by atoms with Crippen LogP contribution in [-0.4, -0.2) is 23.0 Å². The van der Waals surface area contributed by atoms with E-state index in [1.54, 1.807) is 4.98 Å². The minimum absolute atomic E-state index is 0.536. The topological polar surface area (TPSA) is 102 Å². The average Bonchev–Trinajstić information content (AvgIpc) is 2.26. The van der Waals surface area contributed by atoms with Crippen molar-refractivity contribution < 1.29 is 23.2 Å². The van der Waals surface area contributed by atoms with Gasteiger partial charge in [-0.05, 0) is 0 Å². The van der Waals surface area contributed by atoms with Gasteiger partial charge in [-0.25, -0.2) is 13.6 Å². The van der Waals surface area contributed by atoms with Crippen LogP contribution in [0.4, 0.5) is 14.5 Å². The number of methoxy groups -OCH3 is 1. The van der Waals surface area contributed by atoms with Crippen molar-refractivity contribution in [3.05, 3.63) is 37.8 Å². The van der Waals surface area contributed by atoms with Crippen molar-refractivity contribution in [2.45, 2.75) is 6.43 Å². The molecule has 0 fully saturated rings. The Morgan fingerprint density at radius 3 is 2.59 bits per heavy atom. The van der Waals surface area contributed by atoms with Gasteiger partial charge in [-0.2, -0.15) is 0 Å². The van der Waals surface area contributed by atoms with E-state index >= 15 is 0 Å². The molecule has 7 nitrogen and oxygen atoms in total. The van der Waals surface area contributed by atoms with Gasteiger partial charge < -0.3 is 9.72 Å². The quantitative estimate of drug-likeness (QED) is 0.488. The summed E-state index contributed by atoms with van der Waals surface area (Å²) < 4.78 is 29.1. The number of rotatable bonds is 3. The van der Waals surface area contributed by atoms with E-state index in [0.717, 1.165) is 7.11 Å². The molecule has 0 unspecified atom stereocenters. The van der Waals surface area contributed by atoms with E-state index in [0.29, 0.717) is 6.07 Å². The summed E-state index contributed by atoms with van der Waals surface area (Å²) in [6, 6.07) is 0.536. The van der Waals surface area contributed by atoms with Crippen LogP contribution in [0.15, 0.2) is 10.9 Å². The van der Waals surface area contributed by atoms with Gasteiger partial charge in [0.25, 0.3) is 17.7 Å². The molecule has 1 aromatic rings. The summed E-state index contributed by atoms with van der Waals surface area (Å²) in [6.07, 6.45) is -3.31. The molecule has 0 atom stereocenters. The molecular formula is C8H6F2N2O5. The maximum atomic E-state index is 12.4. The van der Waals surface area contributed by atoms with Crippen LogP contribution in [0.25, 0.3) is 0 Å². The van der Waals surface area contributed by atoms with Gasteiger partial charge >= 0.3 is 5.97 Å². The first-order valence-corrected chi connectivity index (χ1v) is 4.16. The van der Waals surface area contributed by atoms with Crippen molar-refractivity contribution in [1.82, 2.24) is 4.98 Å². The molecule has 0 saturated carbocycles. The Labute approximate surface area is 92.2 Å². The van der Waals surface area contributed by atoms with Crippen molar-refractivity contribution >= 4 is 11.7 Å². The highest BCUT2D eigenvalue weighted by atomic mass is 19.3. The summed E-state index contributed by atoms with van der Waals surface area (Å²) >= 11 is 0. The second-order valence-corrected chi connectivity index (χ2v) is 2.86. The maximum absolute atomic E-state index is 12.4. The number of H-pyrrole nitrogens is 1. The van der Waals surface area contributed by atoms with Gasteiger partial charge in [0.1, 0.15) is 5.69 Å². The largest absolute Gasteiger partial charge is 0.464 e. The van der Waals surface area contributed by atoms with Crippen LogP contribution in [0.5, 0.6) is 0 Å². The number of carbonyl (C=O) groups is 1. The number of hydrogen-bond donors (Lipinski definition) is 1. The van der Waals surface area contributed by atoms with Crippen LogP contribution in [-0.2, 0) is 4.74 Å². The fourth-order valence-corrected chi connectivity index (χ4v) is 1.14. The molecule has 0 saturated heterocycles. The second kappa shape index (κ2) is 4.68. The average molecular weight is 248 g/mol. The van der Waals surface area contributed by atoms with Crippen LogP contribution >= 0.6 is 0 Å². The van der Waals surface area contributed by atoms with Gasteiger partial charge in [-0.1, -0.05) is 0 Å². The molecule has 0 spiro atoms. The molecular weight excluding hydrogens is 242 g/mol. The Kier molecular flexibility index (Phi) is 3.51. The van der Waals surface area contributed by atoms with E-state index in [9.17, 15) is 28.5 Å². The fraction of sp³-hybridized carbons (Fsp3) is 0.250. The highest BCUT2D eigenvalue weighted by molar-refractivity contribution is 5.87. The number of hydrogen-bond acceptors (Lipinski definition) is 5. The lowest BCUT2D eigenvalue weighted by Crippen LogP contribution is -2.20. The zero-order chi connectivity index (χ0) is 13.2. The van der Waals surface area contributed by atoms with Crippen LogP contribution in [0.2, 0.25) is 0 Å². The first-order chi connectivity index (χ1) is 7.88. The number of nitrogens with one attached hydrogen (secondary N) is 1. The standard InChI is InChI=1S/C8H6F2N2O5/c1-17-8(14)3-2-4(12(15)16)5(6(9)10)7(13)11-3/h2,6H,1H3,(H,11,13). The number of aromatic amines is 1. The van der Waals surface area contributed by atoms with E-state index in [2.05, 4.69) is 4.74 Å². The SMILES string of the molecule is COC(=O)c1cc([N+](=O)[O-])c(C(F)F)c(=O)[nH]1. The minimum Gasteiger partial charge on any atom is -0.464 e. The third-order valence-corrected chi connectivity index (χ3v) is 1.87. The van der Waals surface area contributed by atoms with Crippen LogP contribution in [0, 0.1) is 10.1 Å². The zero-order valence-electron chi connectivity index (χ0n) is 8.40. The van der Waals surface area contributed by atoms with E-state index in [1.807, 2.05) is 0 Å². The number of nitrogens with zero attached hydrogens (tertiary/aromatic N) is 1. The molecule has 0 bridgehead atoms. The molecule has 92 valence electrons. The summed E-state index contributed by atoms with van der Waals surface area (Å²) in [7, 11) is 0.980. The van der Waals surface area contributed by atoms with Crippen molar-refractivity contribution in [3.63, 3.8) is 0 Å². The van der Waals surface area contributed by atoms with Gasteiger partial charge in [-0.15, -0.1) is 0 Å². The van der Waals surface area contributed by atoms with Crippen molar-refractivity contribution in [3.8, 4) is 0 Å². The summed E-state index contributed by atoms with van der Waals surface area (Å²) in [6.45, 7) is 0. The molecule has 0 aromatic carbocycles. The van der Waals surface area contributed by atoms with Crippen LogP contribution in [0.1, 0.15) is 22.5 Å². The van der Waals surface area contributed by atoms with Gasteiger partial charge in [0.2, 0.25) is 0 Å². The first-order valence-electron chi connectivity index (χ1n) is 4.16. The van der Waals surface area contributed by atoms with E-state index < -0.39 is 39.8 Å². The molecule has 1 aromatic heterocycles. The second-order valence-electron chi connectivity index (χ2n) is 2.86. The summed E-state index contributed by atoms with van der Waals surface area (Å²) in [5, 5.41) is 10.5. The molecule has 0 radical (unpaired) electrons. The summed E-state index contributed by atoms with van der Waals surface area (Å²) in [4.78, 5) is 33.3. The molecule has 1 N–H and O–H groups in total. The van der Waals surface area contributed by atoms with Crippen LogP contribution < -0.4 is 5.56 Å². The smallest absolute Gasteiger partial charge is 0.354 e. The Bertz CT molecular complexity index is 525. The number of pyridine rings is 1. The first kappa shape index (κ1) is 12.7. The summed E-state index contributed by atoms with van der Waals surface area (Å²) in [5.74, 6) is -1.06. The van der Waals surface area contributed by atoms with Gasteiger partial charge in [0, 0.05) is 6.07 Å². The molecule has 0 aliphatic carbocycles. The lowest BCUT2D eigenvalue weighted by Gasteiger charge is -2.03. The fourth-order valence-electron chi connectivity index (χ4n) is 1.14. The molecule has 1 rings (SSSR count). The molecule has 9 heteroatoms. The zero-order valence-corrected chi connectivity index (χ0v) is 8.40. The van der Waals surface area contributed by atoms with Crippen LogP contribution in [0.3, 0.4) is 0 Å². The summed E-state index contributed by atoms with van der Waals surface area (Å²) in [5.41, 5.74) is -4.37. The van der Waals surface area contributed by atoms with Gasteiger partial charge in [0.05, 0.1) is 12.0 Å². The number of carbonyl (C=O) groups excluding carboxylic acids is 1. The molecule has 0 amide bonds. The molecule has 17 heavy (non-hydrogen) atoms. The Morgan fingerprint density at radius 2 is 2.18 bits per heavy atom. The highest BCUT2D eigenvalue weighted by Gasteiger charge is 2.28. The monoisotopic (exact) mass is 248 g/mol. The Morgan fingerprint density at radius 1 is 1.59 bits per heavy atom. The van der Waals surface area contributed by atoms with E-state index in [-0.39, 0.29) is 0 Å². The number of halogens is 2. The predicted molar refractivity (Wildman–Crippen MR) is 50.0 cm³/mol. The van der Waals surface area contributed by atoms with E-state index in [1.165, 1.54) is 0 Å². The number of esters is 1. The third kappa shape index (κ3) is 2.44. The Balaban J connectivity index is 3.52. The van der Waals surface area contributed by atoms with Gasteiger partial charge in [-0.3, -0.25) is 14.9 Å². The molecule has 1 heterocycles.